The number of hydrogen-bond acceptors (Lipinski definition) is 2. The van der Waals surface area contributed by atoms with Crippen molar-refractivity contribution in [2.24, 2.45) is 0 Å². The van der Waals surface area contributed by atoms with Crippen LogP contribution in [0.2, 0.25) is 5.02 Å². The lowest BCUT2D eigenvalue weighted by atomic mass is 9.96. The van der Waals surface area contributed by atoms with Gasteiger partial charge < -0.3 is 10.2 Å². The van der Waals surface area contributed by atoms with Crippen molar-refractivity contribution in [3.63, 3.8) is 0 Å². The van der Waals surface area contributed by atoms with Crippen LogP contribution in [-0.4, -0.2) is 41.1 Å². The summed E-state index contributed by atoms with van der Waals surface area (Å²) in [5, 5.41) is 4.86. The van der Waals surface area contributed by atoms with Gasteiger partial charge in [-0.05, 0) is 48.0 Å². The summed E-state index contributed by atoms with van der Waals surface area (Å²) in [6.45, 7) is 5.74. The first kappa shape index (κ1) is 20.9. The number of anilines is 1. The fourth-order valence-corrected chi connectivity index (χ4v) is 4.46. The highest BCUT2D eigenvalue weighted by atomic mass is 35.5. The predicted molar refractivity (Wildman–Crippen MR) is 130 cm³/mol. The molecule has 5 heteroatoms. The Morgan fingerprint density at radius 2 is 1.43 bits per heavy atom. The summed E-state index contributed by atoms with van der Waals surface area (Å²) in [6.07, 6.45) is 0. The number of piperazine rings is 1. The van der Waals surface area contributed by atoms with E-state index in [1.54, 1.807) is 0 Å². The maximum atomic E-state index is 6.15. The highest BCUT2D eigenvalue weighted by molar-refractivity contribution is 7.80. The standard InChI is InChI=1S/C25H26ClN3S/c1-19-12-13-22(26)18-23(19)27-25(30)29-16-14-28(15-17-29)24(20-8-4-2-5-9-20)21-10-6-3-7-11-21/h2-13,18,24H,14-17H2,1H3,(H,27,30). The van der Waals surface area contributed by atoms with Crippen LogP contribution in [0.1, 0.15) is 22.7 Å². The van der Waals surface area contributed by atoms with Gasteiger partial charge in [0.1, 0.15) is 0 Å². The lowest BCUT2D eigenvalue weighted by Crippen LogP contribution is -2.51. The van der Waals surface area contributed by atoms with Gasteiger partial charge in [0, 0.05) is 36.9 Å². The molecule has 0 aliphatic carbocycles. The third-order valence-corrected chi connectivity index (χ3v) is 6.23. The van der Waals surface area contributed by atoms with Gasteiger partial charge in [-0.15, -0.1) is 0 Å². The quantitative estimate of drug-likeness (QED) is 0.525. The van der Waals surface area contributed by atoms with Crippen LogP contribution in [0, 0.1) is 6.92 Å². The molecule has 3 nitrogen and oxygen atoms in total. The molecule has 0 spiro atoms. The Hall–Kier alpha value is -2.40. The predicted octanol–water partition coefficient (Wildman–Crippen LogP) is 5.75. The zero-order valence-electron chi connectivity index (χ0n) is 17.1. The van der Waals surface area contributed by atoms with Crippen LogP contribution >= 0.6 is 23.8 Å². The van der Waals surface area contributed by atoms with Gasteiger partial charge in [-0.1, -0.05) is 78.3 Å². The fourth-order valence-electron chi connectivity index (χ4n) is 3.99. The summed E-state index contributed by atoms with van der Waals surface area (Å²) >= 11 is 11.9. The molecule has 1 fully saturated rings. The largest absolute Gasteiger partial charge is 0.346 e. The van der Waals surface area contributed by atoms with E-state index < -0.39 is 0 Å². The molecule has 0 saturated carbocycles. The second-order valence-corrected chi connectivity index (χ2v) is 8.46. The SMILES string of the molecule is Cc1ccc(Cl)cc1NC(=S)N1CCN(C(c2ccccc2)c2ccccc2)CC1. The number of thiocarbonyl (C=S) groups is 1. The van der Waals surface area contributed by atoms with E-state index in [-0.39, 0.29) is 6.04 Å². The highest BCUT2D eigenvalue weighted by Gasteiger charge is 2.27. The maximum absolute atomic E-state index is 6.15. The lowest BCUT2D eigenvalue weighted by Gasteiger charge is -2.40. The van der Waals surface area contributed by atoms with Crippen LogP contribution in [0.5, 0.6) is 0 Å². The second kappa shape index (κ2) is 9.61. The van der Waals surface area contributed by atoms with Crippen molar-refractivity contribution in [1.29, 1.82) is 0 Å². The number of nitrogens with zero attached hydrogens (tertiary/aromatic N) is 2. The van der Waals surface area contributed by atoms with Crippen molar-refractivity contribution >= 4 is 34.6 Å². The minimum atomic E-state index is 0.256. The smallest absolute Gasteiger partial charge is 0.173 e. The molecular formula is C25H26ClN3S. The van der Waals surface area contributed by atoms with Crippen LogP contribution in [0.15, 0.2) is 78.9 Å². The van der Waals surface area contributed by atoms with Gasteiger partial charge in [-0.3, -0.25) is 4.90 Å². The van der Waals surface area contributed by atoms with Crippen molar-refractivity contribution in [3.8, 4) is 0 Å². The van der Waals surface area contributed by atoms with Gasteiger partial charge in [-0.25, -0.2) is 0 Å². The zero-order chi connectivity index (χ0) is 20.9. The molecule has 0 radical (unpaired) electrons. The number of nitrogens with one attached hydrogen (secondary N) is 1. The average Bonchev–Trinajstić information content (AvgIpc) is 2.78. The number of benzene rings is 3. The van der Waals surface area contributed by atoms with Crippen molar-refractivity contribution in [1.82, 2.24) is 9.80 Å². The minimum Gasteiger partial charge on any atom is -0.346 e. The van der Waals surface area contributed by atoms with Crippen molar-refractivity contribution in [2.75, 3.05) is 31.5 Å². The molecule has 3 aromatic rings. The van der Waals surface area contributed by atoms with E-state index in [1.165, 1.54) is 11.1 Å². The van der Waals surface area contributed by atoms with Gasteiger partial charge in [-0.2, -0.15) is 0 Å². The molecule has 0 aromatic heterocycles. The Kier molecular flexibility index (Phi) is 6.68. The van der Waals surface area contributed by atoms with E-state index in [2.05, 4.69) is 82.7 Å². The molecule has 0 amide bonds. The van der Waals surface area contributed by atoms with Crippen LogP contribution in [0.3, 0.4) is 0 Å². The highest BCUT2D eigenvalue weighted by Crippen LogP contribution is 2.29. The average molecular weight is 436 g/mol. The zero-order valence-corrected chi connectivity index (χ0v) is 18.7. The van der Waals surface area contributed by atoms with E-state index >= 15 is 0 Å². The molecule has 1 N–H and O–H groups in total. The third-order valence-electron chi connectivity index (χ3n) is 5.64. The van der Waals surface area contributed by atoms with E-state index in [0.29, 0.717) is 5.02 Å². The first-order valence-electron chi connectivity index (χ1n) is 10.3. The number of rotatable bonds is 4. The Morgan fingerprint density at radius 3 is 2.00 bits per heavy atom. The molecule has 1 aliphatic rings. The fraction of sp³-hybridized carbons (Fsp3) is 0.240. The summed E-state index contributed by atoms with van der Waals surface area (Å²) in [6, 6.07) is 27.6. The summed E-state index contributed by atoms with van der Waals surface area (Å²) in [5.74, 6) is 0. The number of aryl methyl sites for hydroxylation is 1. The van der Waals surface area contributed by atoms with E-state index in [4.69, 9.17) is 23.8 Å². The third kappa shape index (κ3) is 4.84. The Balaban J connectivity index is 1.46. The molecule has 1 aliphatic heterocycles. The molecule has 154 valence electrons. The van der Waals surface area contributed by atoms with Crippen molar-refractivity contribution in [3.05, 3.63) is 101 Å². The maximum Gasteiger partial charge on any atom is 0.173 e. The van der Waals surface area contributed by atoms with Gasteiger partial charge in [0.25, 0.3) is 0 Å². The van der Waals surface area contributed by atoms with E-state index in [1.807, 2.05) is 18.2 Å². The summed E-state index contributed by atoms with van der Waals surface area (Å²) in [7, 11) is 0. The number of hydrogen-bond donors (Lipinski definition) is 1. The van der Waals surface area contributed by atoms with Crippen molar-refractivity contribution < 1.29 is 0 Å². The van der Waals surface area contributed by atoms with E-state index in [0.717, 1.165) is 42.5 Å². The van der Waals surface area contributed by atoms with Crippen LogP contribution in [-0.2, 0) is 0 Å². The summed E-state index contributed by atoms with van der Waals surface area (Å²) < 4.78 is 0. The van der Waals surface area contributed by atoms with E-state index in [9.17, 15) is 0 Å². The minimum absolute atomic E-state index is 0.256. The van der Waals surface area contributed by atoms with Gasteiger partial charge in [0.2, 0.25) is 0 Å². The molecule has 0 atom stereocenters. The molecule has 1 heterocycles. The summed E-state index contributed by atoms with van der Waals surface area (Å²) in [5.41, 5.74) is 4.76. The normalized spacial score (nSPS) is 14.7. The topological polar surface area (TPSA) is 18.5 Å². The molecule has 0 bridgehead atoms. The molecule has 1 saturated heterocycles. The Bertz CT molecular complexity index is 946. The van der Waals surface area contributed by atoms with Gasteiger partial charge >= 0.3 is 0 Å². The molecule has 0 unspecified atom stereocenters. The Labute approximate surface area is 189 Å². The molecule has 4 rings (SSSR count). The molecule has 30 heavy (non-hydrogen) atoms. The van der Waals surface area contributed by atoms with Crippen molar-refractivity contribution in [2.45, 2.75) is 13.0 Å². The summed E-state index contributed by atoms with van der Waals surface area (Å²) in [4.78, 5) is 4.80. The van der Waals surface area contributed by atoms with Gasteiger partial charge in [0.05, 0.1) is 6.04 Å². The Morgan fingerprint density at radius 1 is 0.867 bits per heavy atom. The first-order chi connectivity index (χ1) is 14.6. The second-order valence-electron chi connectivity index (χ2n) is 7.64. The van der Waals surface area contributed by atoms with Gasteiger partial charge in [0.15, 0.2) is 5.11 Å². The lowest BCUT2D eigenvalue weighted by molar-refractivity contribution is 0.151. The number of halogens is 1. The van der Waals surface area contributed by atoms with Crippen LogP contribution < -0.4 is 5.32 Å². The van der Waals surface area contributed by atoms with Crippen LogP contribution in [0.4, 0.5) is 5.69 Å². The first-order valence-corrected chi connectivity index (χ1v) is 11.1. The molecule has 3 aromatic carbocycles. The molecular weight excluding hydrogens is 410 g/mol. The van der Waals surface area contributed by atoms with Crippen LogP contribution in [0.25, 0.3) is 0 Å². The monoisotopic (exact) mass is 435 g/mol.